The molecule has 2 heterocycles. The van der Waals surface area contributed by atoms with Gasteiger partial charge >= 0.3 is 0 Å². The van der Waals surface area contributed by atoms with Gasteiger partial charge in [-0.2, -0.15) is 5.10 Å². The first kappa shape index (κ1) is 11.3. The van der Waals surface area contributed by atoms with E-state index < -0.39 is 0 Å². The second-order valence-corrected chi connectivity index (χ2v) is 4.48. The number of ketones is 1. The van der Waals surface area contributed by atoms with Crippen molar-refractivity contribution in [1.82, 2.24) is 19.7 Å². The number of aryl methyl sites for hydroxylation is 1. The van der Waals surface area contributed by atoms with E-state index in [9.17, 15) is 4.79 Å². The van der Waals surface area contributed by atoms with Gasteiger partial charge in [0, 0.05) is 19.5 Å². The smallest absolute Gasteiger partial charge is 0.140 e. The van der Waals surface area contributed by atoms with Crippen molar-refractivity contribution in [3.05, 3.63) is 12.2 Å². The van der Waals surface area contributed by atoms with Crippen molar-refractivity contribution >= 4 is 5.78 Å². The highest BCUT2D eigenvalue weighted by atomic mass is 16.1. The number of carbonyl (C=O) groups excluding carboxylic acids is 1. The third kappa shape index (κ3) is 2.47. The summed E-state index contributed by atoms with van der Waals surface area (Å²) in [5.74, 6) is 1.48. The second kappa shape index (κ2) is 4.74. The number of carbonyl (C=O) groups is 1. The molecule has 0 saturated carbocycles. The number of Topliss-reactive ketones (excluding diaryl/α,β-unsaturated/α-hetero) is 1. The first-order valence-corrected chi connectivity index (χ1v) is 5.72. The number of hydrogen-bond acceptors (Lipinski definition) is 4. The van der Waals surface area contributed by atoms with Gasteiger partial charge in [-0.1, -0.05) is 0 Å². The summed E-state index contributed by atoms with van der Waals surface area (Å²) in [6.07, 6.45) is 3.70. The predicted octanol–water partition coefficient (Wildman–Crippen LogP) is 0.616. The highest BCUT2D eigenvalue weighted by Crippen LogP contribution is 2.18. The number of aromatic nitrogens is 3. The fraction of sp³-hybridized carbons (Fsp3) is 0.727. The van der Waals surface area contributed by atoms with Crippen molar-refractivity contribution in [3.8, 4) is 0 Å². The van der Waals surface area contributed by atoms with Crippen LogP contribution in [0.3, 0.4) is 0 Å². The van der Waals surface area contributed by atoms with Crippen LogP contribution in [-0.4, -0.2) is 38.5 Å². The van der Waals surface area contributed by atoms with Crippen LogP contribution in [0.25, 0.3) is 0 Å². The SMILES string of the molecule is CC(=O)C1CCCN(Cc2ncnn2C)C1. The average Bonchev–Trinajstić information content (AvgIpc) is 2.65. The monoisotopic (exact) mass is 222 g/mol. The number of piperidine rings is 1. The molecule has 1 atom stereocenters. The molecule has 0 aromatic carbocycles. The Morgan fingerprint density at radius 3 is 3.06 bits per heavy atom. The minimum atomic E-state index is 0.210. The van der Waals surface area contributed by atoms with Gasteiger partial charge in [0.05, 0.1) is 6.54 Å². The fourth-order valence-corrected chi connectivity index (χ4v) is 2.19. The Kier molecular flexibility index (Phi) is 3.33. The van der Waals surface area contributed by atoms with Crippen LogP contribution in [0.15, 0.2) is 6.33 Å². The van der Waals surface area contributed by atoms with Crippen molar-refractivity contribution in [2.75, 3.05) is 13.1 Å². The van der Waals surface area contributed by atoms with Crippen LogP contribution in [0, 0.1) is 5.92 Å². The van der Waals surface area contributed by atoms with Crippen LogP contribution in [0.2, 0.25) is 0 Å². The summed E-state index contributed by atoms with van der Waals surface area (Å²) in [5, 5.41) is 4.05. The molecule has 1 aromatic rings. The molecule has 2 rings (SSSR count). The molecule has 1 aliphatic heterocycles. The van der Waals surface area contributed by atoms with E-state index in [-0.39, 0.29) is 5.92 Å². The zero-order valence-electron chi connectivity index (χ0n) is 9.89. The highest BCUT2D eigenvalue weighted by Gasteiger charge is 2.23. The summed E-state index contributed by atoms with van der Waals surface area (Å²) in [5.41, 5.74) is 0. The van der Waals surface area contributed by atoms with Crippen LogP contribution in [-0.2, 0) is 18.4 Å². The Morgan fingerprint density at radius 1 is 1.62 bits per heavy atom. The molecule has 0 aliphatic carbocycles. The summed E-state index contributed by atoms with van der Waals surface area (Å²) in [4.78, 5) is 17.9. The van der Waals surface area contributed by atoms with E-state index in [1.807, 2.05) is 7.05 Å². The molecule has 1 aromatic heterocycles. The molecular weight excluding hydrogens is 204 g/mol. The largest absolute Gasteiger partial charge is 0.300 e. The molecule has 1 saturated heterocycles. The summed E-state index contributed by atoms with van der Waals surface area (Å²) in [7, 11) is 1.90. The van der Waals surface area contributed by atoms with Gasteiger partial charge in [-0.25, -0.2) is 4.98 Å². The maximum absolute atomic E-state index is 11.4. The van der Waals surface area contributed by atoms with Gasteiger partial charge < -0.3 is 0 Å². The van der Waals surface area contributed by atoms with Gasteiger partial charge in [-0.05, 0) is 26.3 Å². The fourth-order valence-electron chi connectivity index (χ4n) is 2.19. The zero-order chi connectivity index (χ0) is 11.5. The van der Waals surface area contributed by atoms with E-state index in [1.54, 1.807) is 17.9 Å². The molecule has 0 amide bonds. The Morgan fingerprint density at radius 2 is 2.44 bits per heavy atom. The topological polar surface area (TPSA) is 51.0 Å². The van der Waals surface area contributed by atoms with E-state index in [2.05, 4.69) is 15.0 Å². The van der Waals surface area contributed by atoms with E-state index >= 15 is 0 Å². The third-order valence-electron chi connectivity index (χ3n) is 3.25. The Balaban J connectivity index is 1.95. The summed E-state index contributed by atoms with van der Waals surface area (Å²) in [6, 6.07) is 0. The quantitative estimate of drug-likeness (QED) is 0.752. The van der Waals surface area contributed by atoms with E-state index in [1.165, 1.54) is 0 Å². The maximum atomic E-state index is 11.4. The molecule has 5 nitrogen and oxygen atoms in total. The Labute approximate surface area is 95.5 Å². The molecule has 1 fully saturated rings. The summed E-state index contributed by atoms with van der Waals surface area (Å²) >= 11 is 0. The summed E-state index contributed by atoms with van der Waals surface area (Å²) < 4.78 is 1.79. The molecular formula is C11H18N4O. The number of nitrogens with zero attached hydrogens (tertiary/aromatic N) is 4. The first-order valence-electron chi connectivity index (χ1n) is 5.72. The lowest BCUT2D eigenvalue weighted by Gasteiger charge is -2.30. The van der Waals surface area contributed by atoms with Crippen LogP contribution in [0.4, 0.5) is 0 Å². The van der Waals surface area contributed by atoms with Crippen molar-refractivity contribution in [2.45, 2.75) is 26.3 Å². The molecule has 0 radical (unpaired) electrons. The van der Waals surface area contributed by atoms with Crippen LogP contribution in [0.5, 0.6) is 0 Å². The molecule has 16 heavy (non-hydrogen) atoms. The lowest BCUT2D eigenvalue weighted by atomic mass is 9.95. The molecule has 5 heteroatoms. The van der Waals surface area contributed by atoms with E-state index in [4.69, 9.17) is 0 Å². The van der Waals surface area contributed by atoms with Crippen LogP contribution < -0.4 is 0 Å². The molecule has 1 unspecified atom stereocenters. The van der Waals surface area contributed by atoms with E-state index in [0.29, 0.717) is 5.78 Å². The van der Waals surface area contributed by atoms with Crippen molar-refractivity contribution in [1.29, 1.82) is 0 Å². The van der Waals surface area contributed by atoms with Crippen LogP contribution >= 0.6 is 0 Å². The van der Waals surface area contributed by atoms with Crippen molar-refractivity contribution in [3.63, 3.8) is 0 Å². The van der Waals surface area contributed by atoms with Gasteiger partial charge in [-0.3, -0.25) is 14.4 Å². The van der Waals surface area contributed by atoms with Crippen molar-refractivity contribution in [2.24, 2.45) is 13.0 Å². The highest BCUT2D eigenvalue weighted by molar-refractivity contribution is 5.78. The van der Waals surface area contributed by atoms with Gasteiger partial charge in [0.2, 0.25) is 0 Å². The first-order chi connectivity index (χ1) is 7.66. The maximum Gasteiger partial charge on any atom is 0.140 e. The number of likely N-dealkylation sites (tertiary alicyclic amines) is 1. The van der Waals surface area contributed by atoms with Crippen LogP contribution in [0.1, 0.15) is 25.6 Å². The minimum absolute atomic E-state index is 0.210. The molecule has 1 aliphatic rings. The molecule has 0 spiro atoms. The lowest BCUT2D eigenvalue weighted by Crippen LogP contribution is -2.38. The zero-order valence-corrected chi connectivity index (χ0v) is 9.89. The van der Waals surface area contributed by atoms with Gasteiger partial charge in [0.1, 0.15) is 17.9 Å². The Hall–Kier alpha value is -1.23. The van der Waals surface area contributed by atoms with Gasteiger partial charge in [-0.15, -0.1) is 0 Å². The molecule has 0 bridgehead atoms. The predicted molar refractivity (Wildman–Crippen MR) is 59.7 cm³/mol. The van der Waals surface area contributed by atoms with Gasteiger partial charge in [0.15, 0.2) is 0 Å². The van der Waals surface area contributed by atoms with Gasteiger partial charge in [0.25, 0.3) is 0 Å². The third-order valence-corrected chi connectivity index (χ3v) is 3.25. The number of hydrogen-bond donors (Lipinski definition) is 0. The molecule has 88 valence electrons. The Bertz CT molecular complexity index is 374. The average molecular weight is 222 g/mol. The normalized spacial score (nSPS) is 22.2. The standard InChI is InChI=1S/C11H18N4O/c1-9(16)10-4-3-5-15(6-10)7-11-12-8-13-14(11)2/h8,10H,3-7H2,1-2H3. The summed E-state index contributed by atoms with van der Waals surface area (Å²) in [6.45, 7) is 4.40. The number of rotatable bonds is 3. The van der Waals surface area contributed by atoms with Crippen molar-refractivity contribution < 1.29 is 4.79 Å². The minimum Gasteiger partial charge on any atom is -0.300 e. The lowest BCUT2D eigenvalue weighted by molar-refractivity contribution is -0.122. The second-order valence-electron chi connectivity index (χ2n) is 4.48. The molecule has 0 N–H and O–H groups in total. The van der Waals surface area contributed by atoms with E-state index in [0.717, 1.165) is 38.3 Å².